The van der Waals surface area contributed by atoms with E-state index in [1.165, 1.54) is 19.1 Å². The molecule has 28 heavy (non-hydrogen) atoms. The standard InChI is InChI=1S/C21H22ClNO5/c1-26-12-23-18-9-6-15(22)10-14(18)11-17(19(20(23)24)21(25)28-3)13-4-7-16(27-2)8-5-13/h4-10,17,19H,11-12H2,1-3H3. The summed E-state index contributed by atoms with van der Waals surface area (Å²) in [6, 6.07) is 12.7. The van der Waals surface area contributed by atoms with Crippen molar-refractivity contribution in [2.45, 2.75) is 12.3 Å². The molecule has 1 amide bonds. The maximum atomic E-state index is 13.4. The molecule has 148 valence electrons. The topological polar surface area (TPSA) is 65.1 Å². The zero-order valence-corrected chi connectivity index (χ0v) is 16.7. The summed E-state index contributed by atoms with van der Waals surface area (Å²) in [4.78, 5) is 27.5. The molecular formula is C21H22ClNO5. The minimum absolute atomic E-state index is 0.0241. The smallest absolute Gasteiger partial charge is 0.318 e. The van der Waals surface area contributed by atoms with E-state index in [2.05, 4.69) is 0 Å². The van der Waals surface area contributed by atoms with E-state index < -0.39 is 17.8 Å². The van der Waals surface area contributed by atoms with Crippen LogP contribution in [0, 0.1) is 5.92 Å². The fraction of sp³-hybridized carbons (Fsp3) is 0.333. The number of halogens is 1. The number of amides is 1. The van der Waals surface area contributed by atoms with Gasteiger partial charge < -0.3 is 14.2 Å². The van der Waals surface area contributed by atoms with E-state index in [1.807, 2.05) is 30.3 Å². The van der Waals surface area contributed by atoms with Crippen molar-refractivity contribution in [2.75, 3.05) is 33.0 Å². The molecule has 2 aromatic rings. The number of hydrogen-bond donors (Lipinski definition) is 0. The van der Waals surface area contributed by atoms with Crippen LogP contribution in [0.5, 0.6) is 5.75 Å². The second-order valence-corrected chi connectivity index (χ2v) is 6.98. The molecule has 6 nitrogen and oxygen atoms in total. The zero-order chi connectivity index (χ0) is 20.3. The molecule has 0 aliphatic carbocycles. The molecule has 0 aromatic heterocycles. The lowest BCUT2D eigenvalue weighted by Gasteiger charge is -2.26. The molecule has 3 rings (SSSR count). The van der Waals surface area contributed by atoms with Gasteiger partial charge in [-0.3, -0.25) is 14.5 Å². The van der Waals surface area contributed by atoms with Gasteiger partial charge in [0.2, 0.25) is 5.91 Å². The summed E-state index contributed by atoms with van der Waals surface area (Å²) in [7, 11) is 4.38. The highest BCUT2D eigenvalue weighted by Crippen LogP contribution is 2.40. The van der Waals surface area contributed by atoms with Crippen LogP contribution in [0.25, 0.3) is 0 Å². The molecule has 0 fully saturated rings. The van der Waals surface area contributed by atoms with E-state index in [1.54, 1.807) is 19.2 Å². The average molecular weight is 404 g/mol. The van der Waals surface area contributed by atoms with Crippen molar-refractivity contribution in [1.82, 2.24) is 0 Å². The number of anilines is 1. The van der Waals surface area contributed by atoms with Crippen molar-refractivity contribution in [3.8, 4) is 5.75 Å². The maximum Gasteiger partial charge on any atom is 0.318 e. The van der Waals surface area contributed by atoms with E-state index in [0.717, 1.165) is 11.1 Å². The Morgan fingerprint density at radius 3 is 2.46 bits per heavy atom. The number of rotatable bonds is 5. The SMILES string of the molecule is COCN1C(=O)C(C(=O)OC)C(c2ccc(OC)cc2)Cc2cc(Cl)ccc21. The van der Waals surface area contributed by atoms with Crippen molar-refractivity contribution in [3.05, 3.63) is 58.6 Å². The Bertz CT molecular complexity index is 868. The quantitative estimate of drug-likeness (QED) is 0.565. The van der Waals surface area contributed by atoms with Gasteiger partial charge in [-0.2, -0.15) is 0 Å². The van der Waals surface area contributed by atoms with E-state index in [0.29, 0.717) is 22.9 Å². The minimum atomic E-state index is -1.00. The number of carbonyl (C=O) groups is 2. The number of methoxy groups -OCH3 is 3. The highest BCUT2D eigenvalue weighted by atomic mass is 35.5. The Hall–Kier alpha value is -2.57. The molecule has 1 heterocycles. The van der Waals surface area contributed by atoms with Crippen LogP contribution < -0.4 is 9.64 Å². The largest absolute Gasteiger partial charge is 0.497 e. The van der Waals surface area contributed by atoms with E-state index in [4.69, 9.17) is 25.8 Å². The number of esters is 1. The van der Waals surface area contributed by atoms with E-state index in [9.17, 15) is 9.59 Å². The number of carbonyl (C=O) groups excluding carboxylic acids is 2. The van der Waals surface area contributed by atoms with Crippen LogP contribution in [0.15, 0.2) is 42.5 Å². The highest BCUT2D eigenvalue weighted by molar-refractivity contribution is 6.30. The van der Waals surface area contributed by atoms with Gasteiger partial charge in [0.05, 0.1) is 14.2 Å². The van der Waals surface area contributed by atoms with Crippen molar-refractivity contribution in [2.24, 2.45) is 5.92 Å². The first-order chi connectivity index (χ1) is 13.5. The first-order valence-electron chi connectivity index (χ1n) is 8.80. The molecule has 2 atom stereocenters. The zero-order valence-electron chi connectivity index (χ0n) is 16.0. The Morgan fingerprint density at radius 2 is 1.86 bits per heavy atom. The van der Waals surface area contributed by atoms with Crippen molar-refractivity contribution in [1.29, 1.82) is 0 Å². The summed E-state index contributed by atoms with van der Waals surface area (Å²) in [5.74, 6) is -1.66. The Labute approximate surface area is 168 Å². The second-order valence-electron chi connectivity index (χ2n) is 6.54. The third-order valence-electron chi connectivity index (χ3n) is 4.96. The van der Waals surface area contributed by atoms with Crippen LogP contribution in [0.2, 0.25) is 5.02 Å². The summed E-state index contributed by atoms with van der Waals surface area (Å²) in [5.41, 5.74) is 2.39. The molecule has 0 spiro atoms. The molecule has 0 radical (unpaired) electrons. The van der Waals surface area contributed by atoms with Crippen LogP contribution >= 0.6 is 11.6 Å². The molecular weight excluding hydrogens is 382 g/mol. The number of benzene rings is 2. The molecule has 7 heteroatoms. The minimum Gasteiger partial charge on any atom is -0.497 e. The van der Waals surface area contributed by atoms with Crippen LogP contribution in [0.4, 0.5) is 5.69 Å². The molecule has 1 aliphatic rings. The molecule has 0 saturated heterocycles. The molecule has 0 saturated carbocycles. The predicted octanol–water partition coefficient (Wildman–Crippen LogP) is 3.41. The monoisotopic (exact) mass is 403 g/mol. The molecule has 0 bridgehead atoms. The number of nitrogens with zero attached hydrogens (tertiary/aromatic N) is 1. The second kappa shape index (κ2) is 8.63. The van der Waals surface area contributed by atoms with Gasteiger partial charge in [-0.15, -0.1) is 0 Å². The number of ether oxygens (including phenoxy) is 3. The summed E-state index contributed by atoms with van der Waals surface area (Å²) in [6.07, 6.45) is 0.452. The first-order valence-corrected chi connectivity index (χ1v) is 9.18. The van der Waals surface area contributed by atoms with Gasteiger partial charge in [-0.25, -0.2) is 0 Å². The van der Waals surface area contributed by atoms with E-state index >= 15 is 0 Å². The highest BCUT2D eigenvalue weighted by Gasteiger charge is 2.43. The first kappa shape index (κ1) is 20.2. The van der Waals surface area contributed by atoms with Crippen molar-refractivity contribution < 1.29 is 23.8 Å². The van der Waals surface area contributed by atoms with Gasteiger partial charge in [0.15, 0.2) is 0 Å². The fourth-order valence-electron chi connectivity index (χ4n) is 3.61. The van der Waals surface area contributed by atoms with Gasteiger partial charge in [0.25, 0.3) is 0 Å². The van der Waals surface area contributed by atoms with Crippen LogP contribution in [-0.4, -0.2) is 39.9 Å². The lowest BCUT2D eigenvalue weighted by molar-refractivity contribution is -0.150. The Kier molecular flexibility index (Phi) is 6.21. The Morgan fingerprint density at radius 1 is 1.14 bits per heavy atom. The molecule has 2 aromatic carbocycles. The van der Waals surface area contributed by atoms with Crippen LogP contribution in [0.3, 0.4) is 0 Å². The maximum absolute atomic E-state index is 13.4. The molecule has 1 aliphatic heterocycles. The van der Waals surface area contributed by atoms with Gasteiger partial charge in [-0.1, -0.05) is 23.7 Å². The summed E-state index contributed by atoms with van der Waals surface area (Å²) < 4.78 is 15.4. The van der Waals surface area contributed by atoms with Crippen molar-refractivity contribution in [3.63, 3.8) is 0 Å². The van der Waals surface area contributed by atoms with Gasteiger partial charge in [-0.05, 0) is 47.9 Å². The summed E-state index contributed by atoms with van der Waals surface area (Å²) >= 11 is 6.21. The van der Waals surface area contributed by atoms with Gasteiger partial charge in [0.1, 0.15) is 18.4 Å². The average Bonchev–Trinajstić information content (AvgIpc) is 2.82. The normalized spacial score (nSPS) is 19.0. The number of fused-ring (bicyclic) bond motifs is 1. The summed E-state index contributed by atoms with van der Waals surface area (Å²) in [6.45, 7) is 0.0241. The van der Waals surface area contributed by atoms with Gasteiger partial charge >= 0.3 is 5.97 Å². The van der Waals surface area contributed by atoms with Crippen LogP contribution in [0.1, 0.15) is 17.0 Å². The number of hydrogen-bond acceptors (Lipinski definition) is 5. The fourth-order valence-corrected chi connectivity index (χ4v) is 3.80. The summed E-state index contributed by atoms with van der Waals surface area (Å²) in [5, 5.41) is 0.563. The third kappa shape index (κ3) is 3.84. The van der Waals surface area contributed by atoms with Crippen molar-refractivity contribution >= 4 is 29.2 Å². The van der Waals surface area contributed by atoms with Gasteiger partial charge in [0, 0.05) is 23.7 Å². The molecule has 2 unspecified atom stereocenters. The lowest BCUT2D eigenvalue weighted by atomic mass is 9.81. The predicted molar refractivity (Wildman–Crippen MR) is 106 cm³/mol. The van der Waals surface area contributed by atoms with Crippen LogP contribution in [-0.2, 0) is 25.5 Å². The van der Waals surface area contributed by atoms with E-state index in [-0.39, 0.29) is 12.6 Å². The Balaban J connectivity index is 2.15. The molecule has 0 N–H and O–H groups in total. The lowest BCUT2D eigenvalue weighted by Crippen LogP contribution is -2.42. The third-order valence-corrected chi connectivity index (χ3v) is 5.20.